The average molecular weight is 1310 g/mol. The molecule has 0 amide bonds. The number of hydrogen-bond acceptors (Lipinski definition) is 3. The molecule has 0 bridgehead atoms. The van der Waals surface area contributed by atoms with Gasteiger partial charge in [0.1, 0.15) is 0 Å². The quantitative estimate of drug-likeness (QED) is 0.213. The highest BCUT2D eigenvalue weighted by Crippen LogP contribution is 2.83. The zero-order valence-electron chi connectivity index (χ0n) is 63.7. The molecule has 27 atom stereocenters. The molecule has 4 heteroatoms. The Morgan fingerprint density at radius 2 is 0.677 bits per heavy atom. The van der Waals surface area contributed by atoms with Gasteiger partial charge in [0.2, 0.25) is 0 Å². The van der Waals surface area contributed by atoms with Gasteiger partial charge in [-0.1, -0.05) is 241 Å². The molecule has 20 rings (SSSR count). The number of rotatable bonds is 9. The van der Waals surface area contributed by atoms with E-state index < -0.39 is 0 Å². The van der Waals surface area contributed by atoms with Crippen LogP contribution in [-0.4, -0.2) is 75.8 Å². The Morgan fingerprint density at radius 1 is 0.271 bits per heavy atom. The van der Waals surface area contributed by atoms with Crippen LogP contribution in [0.4, 0.5) is 0 Å². The lowest BCUT2D eigenvalue weighted by atomic mass is 9.18. The Morgan fingerprint density at radius 3 is 1.14 bits per heavy atom. The first-order chi connectivity index (χ1) is 46.9. The van der Waals surface area contributed by atoms with Crippen LogP contribution >= 0.6 is 0 Å². The average Bonchev–Trinajstić information content (AvgIpc) is 0.619. The van der Waals surface area contributed by atoms with Crippen molar-refractivity contribution in [2.75, 3.05) is 0 Å². The predicted molar refractivity (Wildman–Crippen MR) is 401 cm³/mol. The van der Waals surface area contributed by atoms with Gasteiger partial charge in [0, 0.05) is 59.8 Å². The van der Waals surface area contributed by atoms with Gasteiger partial charge in [-0.3, -0.25) is 14.7 Å². The van der Waals surface area contributed by atoms with E-state index in [4.69, 9.17) is 0 Å². The van der Waals surface area contributed by atoms with E-state index >= 15 is 0 Å². The Labute approximate surface area is 592 Å². The van der Waals surface area contributed by atoms with E-state index in [9.17, 15) is 0 Å². The molecule has 27 unspecified atom stereocenters. The summed E-state index contributed by atoms with van der Waals surface area (Å²) in [7, 11) is 0. The predicted octanol–water partition coefficient (Wildman–Crippen LogP) is 23.8. The van der Waals surface area contributed by atoms with Gasteiger partial charge in [-0.25, -0.2) is 0 Å². The molecule has 20 aliphatic rings. The standard InChI is InChI=1S/C92H150BN3/c1-90(2,3)66-44-63-38-39-64-45-67(91(4,5)6)51-76-75(47-65(46-66)85(63)86(64)76)62-41-43-78-80(49-62)96(89-73(59-30-18-10-19-31-59)36-23-37-74(89)60-32-20-11-21-33-60)82-55-70(94-83-52-68-50-69-53-84(94)92(68,69)83)54-81-87(82)93(78)77-42-40-61(56-24-12-7-13-25-56)48-79(77)95(81)88-71(57-26-14-8-15-27-57)34-22-35-72(88)58-28-16-9-17-29-58/h56-89H,7-55H2,1-6H3. The molecule has 0 aromatic rings. The summed E-state index contributed by atoms with van der Waals surface area (Å²) in [4.78, 5) is 11.5. The third-order valence-electron chi connectivity index (χ3n) is 39.9. The van der Waals surface area contributed by atoms with Gasteiger partial charge in [0.15, 0.2) is 6.71 Å². The van der Waals surface area contributed by atoms with Gasteiger partial charge in [0.25, 0.3) is 0 Å². The van der Waals surface area contributed by atoms with Crippen molar-refractivity contribution in [2.24, 2.45) is 146 Å². The van der Waals surface area contributed by atoms with Crippen LogP contribution < -0.4 is 0 Å². The summed E-state index contributed by atoms with van der Waals surface area (Å²) >= 11 is 0. The molecule has 1 spiro atoms. The van der Waals surface area contributed by atoms with Crippen LogP contribution in [-0.2, 0) is 0 Å². The Hall–Kier alpha value is -0.0551. The molecule has 0 radical (unpaired) electrons. The van der Waals surface area contributed by atoms with E-state index in [1.54, 1.807) is 283 Å². The Kier molecular flexibility index (Phi) is 17.5. The SMILES string of the molecule is CC(C)(C)C1CC2CCC3CC(C(C)(C)C)CC4C(C5CCC6B7C8CCC(C9CCCCC9)CC8N(C8C(C9CCCCC9)CCCC8C8CCCCC8)C8CC(N9C%10CC%11CC%12CC9C%11%12%10)CC(C78)N(C7C(C8CCCCC8)CCCC7C7CCCCC7)C6C5)CC(C1)C2C34. The molecule has 17 aliphatic carbocycles. The summed E-state index contributed by atoms with van der Waals surface area (Å²) in [5.74, 6) is 25.3. The molecule has 0 N–H and O–H groups in total. The molecule has 96 heavy (non-hydrogen) atoms. The number of nitrogens with zero attached hydrogens (tertiary/aromatic N) is 3. The molecule has 3 heterocycles. The normalized spacial score (nSPS) is 52.9. The largest absolute Gasteiger partial charge is 0.295 e. The molecular weight excluding hydrogens is 1160 g/mol. The third-order valence-corrected chi connectivity index (χ3v) is 39.9. The monoisotopic (exact) mass is 1310 g/mol. The van der Waals surface area contributed by atoms with Crippen molar-refractivity contribution >= 4 is 6.71 Å². The number of likely N-dealkylation sites (tertiary alicyclic amines) is 1. The van der Waals surface area contributed by atoms with E-state index in [0.29, 0.717) is 10.8 Å². The molecule has 536 valence electrons. The summed E-state index contributed by atoms with van der Waals surface area (Å²) in [5, 5.41) is 0. The molecule has 3 saturated heterocycles. The lowest BCUT2D eigenvalue weighted by molar-refractivity contribution is -0.408. The van der Waals surface area contributed by atoms with Gasteiger partial charge < -0.3 is 0 Å². The van der Waals surface area contributed by atoms with Gasteiger partial charge in [-0.05, 0) is 274 Å². The highest BCUT2D eigenvalue weighted by atomic mass is 15.4. The highest BCUT2D eigenvalue weighted by molar-refractivity contribution is 6.65. The minimum atomic E-state index is 0.443. The maximum Gasteiger partial charge on any atom is 0.156 e. The minimum Gasteiger partial charge on any atom is -0.295 e. The van der Waals surface area contributed by atoms with Crippen LogP contribution in [0.3, 0.4) is 0 Å². The van der Waals surface area contributed by atoms with Crippen LogP contribution in [0, 0.1) is 146 Å². The first-order valence-corrected chi connectivity index (χ1v) is 46.2. The van der Waals surface area contributed by atoms with E-state index in [1.807, 2.05) is 0 Å². The fourth-order valence-corrected chi connectivity index (χ4v) is 36.3. The lowest BCUT2D eigenvalue weighted by Gasteiger charge is -2.90. The van der Waals surface area contributed by atoms with Crippen molar-refractivity contribution in [2.45, 2.75) is 428 Å². The van der Waals surface area contributed by atoms with Crippen LogP contribution in [0.5, 0.6) is 0 Å². The maximum atomic E-state index is 4.02. The molecule has 0 aromatic carbocycles. The number of hydrogen-bond donors (Lipinski definition) is 0. The van der Waals surface area contributed by atoms with Gasteiger partial charge in [-0.15, -0.1) is 0 Å². The van der Waals surface area contributed by atoms with E-state index in [2.05, 4.69) is 56.2 Å². The second kappa shape index (κ2) is 25.6. The fourth-order valence-electron chi connectivity index (χ4n) is 36.3. The zero-order valence-corrected chi connectivity index (χ0v) is 63.7. The lowest BCUT2D eigenvalue weighted by Crippen LogP contribution is -2.94. The molecule has 17 saturated carbocycles. The van der Waals surface area contributed by atoms with Crippen LogP contribution in [0.1, 0.15) is 356 Å². The maximum absolute atomic E-state index is 4.02. The van der Waals surface area contributed by atoms with Gasteiger partial charge in [0.05, 0.1) is 0 Å². The van der Waals surface area contributed by atoms with E-state index in [1.165, 1.54) is 32.1 Å². The van der Waals surface area contributed by atoms with E-state index in [0.717, 1.165) is 214 Å². The van der Waals surface area contributed by atoms with Crippen LogP contribution in [0.2, 0.25) is 17.5 Å². The third kappa shape index (κ3) is 10.4. The minimum absolute atomic E-state index is 0.443. The fraction of sp³-hybridized carbons (Fsp3) is 1.00. The summed E-state index contributed by atoms with van der Waals surface area (Å²) in [6.45, 7) is 17.2. The van der Waals surface area contributed by atoms with Crippen molar-refractivity contribution in [3.63, 3.8) is 0 Å². The van der Waals surface area contributed by atoms with Gasteiger partial charge >= 0.3 is 0 Å². The van der Waals surface area contributed by atoms with Crippen LogP contribution in [0.25, 0.3) is 0 Å². The second-order valence-electron chi connectivity index (χ2n) is 44.6. The zero-order chi connectivity index (χ0) is 64.1. The summed E-state index contributed by atoms with van der Waals surface area (Å²) < 4.78 is 0. The topological polar surface area (TPSA) is 9.72 Å². The molecular formula is C92H150BN3. The Balaban J connectivity index is 0.760. The smallest absolute Gasteiger partial charge is 0.156 e. The summed E-state index contributed by atoms with van der Waals surface area (Å²) in [6.07, 6.45) is 78.1. The number of piperidine rings is 2. The van der Waals surface area contributed by atoms with Crippen molar-refractivity contribution in [1.82, 2.24) is 14.7 Å². The second-order valence-corrected chi connectivity index (χ2v) is 44.6. The van der Waals surface area contributed by atoms with Crippen molar-refractivity contribution in [3.05, 3.63) is 0 Å². The molecule has 20 fully saturated rings. The van der Waals surface area contributed by atoms with Crippen molar-refractivity contribution in [1.29, 1.82) is 0 Å². The summed E-state index contributed by atoms with van der Waals surface area (Å²) in [6, 6.07) is 8.07. The Bertz CT molecular complexity index is 2620. The molecule has 3 nitrogen and oxygen atoms in total. The van der Waals surface area contributed by atoms with Crippen molar-refractivity contribution < 1.29 is 0 Å². The van der Waals surface area contributed by atoms with E-state index in [-0.39, 0.29) is 0 Å². The van der Waals surface area contributed by atoms with Crippen molar-refractivity contribution in [3.8, 4) is 0 Å². The first-order valence-electron chi connectivity index (χ1n) is 46.2. The summed E-state index contributed by atoms with van der Waals surface area (Å²) in [5.41, 5.74) is 1.72. The molecule has 0 aromatic heterocycles. The van der Waals surface area contributed by atoms with Crippen LogP contribution in [0.15, 0.2) is 0 Å². The number of fused-ring (bicyclic) bond motifs is 4. The molecule has 3 aliphatic heterocycles. The first kappa shape index (κ1) is 65.5. The highest BCUT2D eigenvalue weighted by Gasteiger charge is 2.85. The van der Waals surface area contributed by atoms with Gasteiger partial charge in [-0.2, -0.15) is 0 Å².